The van der Waals surface area contributed by atoms with E-state index in [9.17, 15) is 9.18 Å². The Morgan fingerprint density at radius 1 is 1.54 bits per heavy atom. The first-order chi connectivity index (χ1) is 6.06. The van der Waals surface area contributed by atoms with Crippen molar-refractivity contribution in [3.63, 3.8) is 0 Å². The standard InChI is InChI=1S/C9H10FNO2/c1-5-3-6(9(12)13-2)8(11)7(10)4-5/h3-4H,11H2,1-2H3. The lowest BCUT2D eigenvalue weighted by molar-refractivity contribution is 0.0601. The number of nitrogens with two attached hydrogens (primary N) is 1. The summed E-state index contributed by atoms with van der Waals surface area (Å²) in [4.78, 5) is 11.1. The summed E-state index contributed by atoms with van der Waals surface area (Å²) in [6, 6.07) is 2.76. The summed E-state index contributed by atoms with van der Waals surface area (Å²) in [5.74, 6) is -1.22. The zero-order chi connectivity index (χ0) is 10.0. The van der Waals surface area contributed by atoms with Crippen LogP contribution >= 0.6 is 0 Å². The first kappa shape index (κ1) is 9.51. The normalized spacial score (nSPS) is 9.77. The fraction of sp³-hybridized carbons (Fsp3) is 0.222. The number of nitrogen functional groups attached to an aromatic ring is 1. The van der Waals surface area contributed by atoms with E-state index in [0.717, 1.165) is 0 Å². The van der Waals surface area contributed by atoms with Gasteiger partial charge in [0.15, 0.2) is 0 Å². The summed E-state index contributed by atoms with van der Waals surface area (Å²) >= 11 is 0. The molecule has 1 rings (SSSR count). The van der Waals surface area contributed by atoms with Crippen molar-refractivity contribution in [3.8, 4) is 0 Å². The molecule has 0 heterocycles. The molecule has 0 amide bonds. The Labute approximate surface area is 75.3 Å². The Kier molecular flexibility index (Phi) is 2.51. The van der Waals surface area contributed by atoms with Gasteiger partial charge in [-0.25, -0.2) is 9.18 Å². The maximum absolute atomic E-state index is 13.0. The van der Waals surface area contributed by atoms with Gasteiger partial charge in [0, 0.05) is 0 Å². The molecule has 70 valence electrons. The average Bonchev–Trinajstić information content (AvgIpc) is 2.10. The van der Waals surface area contributed by atoms with Crippen LogP contribution < -0.4 is 5.73 Å². The van der Waals surface area contributed by atoms with Crippen LogP contribution in [0.15, 0.2) is 12.1 Å². The molecule has 0 aromatic heterocycles. The largest absolute Gasteiger partial charge is 0.465 e. The van der Waals surface area contributed by atoms with Crippen molar-refractivity contribution in [2.45, 2.75) is 6.92 Å². The maximum atomic E-state index is 13.0. The van der Waals surface area contributed by atoms with Crippen LogP contribution in [-0.4, -0.2) is 13.1 Å². The van der Waals surface area contributed by atoms with Crippen LogP contribution in [0.1, 0.15) is 15.9 Å². The number of carbonyl (C=O) groups excluding carboxylic acids is 1. The lowest BCUT2D eigenvalue weighted by Crippen LogP contribution is -2.07. The van der Waals surface area contributed by atoms with E-state index in [2.05, 4.69) is 4.74 Å². The van der Waals surface area contributed by atoms with Gasteiger partial charge in [-0.2, -0.15) is 0 Å². The Balaban J connectivity index is 3.28. The number of aryl methyl sites for hydroxylation is 1. The highest BCUT2D eigenvalue weighted by molar-refractivity contribution is 5.95. The van der Waals surface area contributed by atoms with Crippen molar-refractivity contribution in [1.29, 1.82) is 0 Å². The molecule has 0 saturated carbocycles. The van der Waals surface area contributed by atoms with Gasteiger partial charge in [-0.1, -0.05) is 0 Å². The zero-order valence-electron chi connectivity index (χ0n) is 7.43. The predicted octanol–water partition coefficient (Wildman–Crippen LogP) is 1.50. The summed E-state index contributed by atoms with van der Waals surface area (Å²) in [7, 11) is 1.22. The van der Waals surface area contributed by atoms with Crippen LogP contribution in [0.5, 0.6) is 0 Å². The topological polar surface area (TPSA) is 52.3 Å². The Morgan fingerprint density at radius 2 is 2.15 bits per heavy atom. The molecule has 0 aliphatic rings. The molecule has 0 radical (unpaired) electrons. The molecule has 1 aromatic rings. The summed E-state index contributed by atoms with van der Waals surface area (Å²) in [6.45, 7) is 1.68. The Bertz CT molecular complexity index is 350. The van der Waals surface area contributed by atoms with Crippen LogP contribution in [0.4, 0.5) is 10.1 Å². The fourth-order valence-electron chi connectivity index (χ4n) is 1.03. The molecular weight excluding hydrogens is 173 g/mol. The van der Waals surface area contributed by atoms with Gasteiger partial charge in [0.2, 0.25) is 0 Å². The second kappa shape index (κ2) is 3.43. The van der Waals surface area contributed by atoms with E-state index >= 15 is 0 Å². The van der Waals surface area contributed by atoms with Crippen molar-refractivity contribution >= 4 is 11.7 Å². The van der Waals surface area contributed by atoms with Gasteiger partial charge in [0.25, 0.3) is 0 Å². The van der Waals surface area contributed by atoms with E-state index < -0.39 is 11.8 Å². The molecule has 0 aliphatic carbocycles. The molecule has 4 heteroatoms. The molecule has 2 N–H and O–H groups in total. The predicted molar refractivity (Wildman–Crippen MR) is 46.9 cm³/mol. The van der Waals surface area contributed by atoms with Crippen molar-refractivity contribution in [1.82, 2.24) is 0 Å². The molecule has 0 bridgehead atoms. The van der Waals surface area contributed by atoms with Crippen LogP contribution in [0.25, 0.3) is 0 Å². The third-order valence-electron chi connectivity index (χ3n) is 1.68. The molecule has 0 fully saturated rings. The number of benzene rings is 1. The minimum absolute atomic E-state index is 0.0694. The number of hydrogen-bond donors (Lipinski definition) is 1. The number of hydrogen-bond acceptors (Lipinski definition) is 3. The summed E-state index contributed by atoms with van der Waals surface area (Å²) < 4.78 is 17.4. The van der Waals surface area contributed by atoms with E-state index in [0.29, 0.717) is 5.56 Å². The molecule has 0 spiro atoms. The van der Waals surface area contributed by atoms with Gasteiger partial charge in [0.05, 0.1) is 18.4 Å². The van der Waals surface area contributed by atoms with Crippen molar-refractivity contribution in [2.75, 3.05) is 12.8 Å². The highest BCUT2D eigenvalue weighted by Crippen LogP contribution is 2.19. The van der Waals surface area contributed by atoms with Crippen LogP contribution in [-0.2, 0) is 4.74 Å². The highest BCUT2D eigenvalue weighted by Gasteiger charge is 2.13. The van der Waals surface area contributed by atoms with Gasteiger partial charge >= 0.3 is 5.97 Å². The minimum Gasteiger partial charge on any atom is -0.465 e. The second-order valence-corrected chi connectivity index (χ2v) is 2.70. The average molecular weight is 183 g/mol. The SMILES string of the molecule is COC(=O)c1cc(C)cc(F)c1N. The molecule has 1 aromatic carbocycles. The lowest BCUT2D eigenvalue weighted by Gasteiger charge is -2.05. The van der Waals surface area contributed by atoms with E-state index in [-0.39, 0.29) is 11.3 Å². The Morgan fingerprint density at radius 3 is 2.69 bits per heavy atom. The van der Waals surface area contributed by atoms with Gasteiger partial charge in [-0.3, -0.25) is 0 Å². The molecule has 0 unspecified atom stereocenters. The van der Waals surface area contributed by atoms with Crippen LogP contribution in [0.3, 0.4) is 0 Å². The summed E-state index contributed by atoms with van der Waals surface area (Å²) in [5, 5.41) is 0. The fourth-order valence-corrected chi connectivity index (χ4v) is 1.03. The summed E-state index contributed by atoms with van der Waals surface area (Å²) in [6.07, 6.45) is 0. The van der Waals surface area contributed by atoms with Crippen LogP contribution in [0.2, 0.25) is 0 Å². The summed E-state index contributed by atoms with van der Waals surface area (Å²) in [5.41, 5.74) is 5.88. The molecule has 0 aliphatic heterocycles. The maximum Gasteiger partial charge on any atom is 0.340 e. The number of esters is 1. The van der Waals surface area contributed by atoms with Gasteiger partial charge in [-0.15, -0.1) is 0 Å². The lowest BCUT2D eigenvalue weighted by atomic mass is 10.1. The first-order valence-corrected chi connectivity index (χ1v) is 3.70. The van der Waals surface area contributed by atoms with E-state index in [4.69, 9.17) is 5.73 Å². The van der Waals surface area contributed by atoms with Crippen molar-refractivity contribution in [2.24, 2.45) is 0 Å². The third-order valence-corrected chi connectivity index (χ3v) is 1.68. The number of halogens is 1. The zero-order valence-corrected chi connectivity index (χ0v) is 7.43. The smallest absolute Gasteiger partial charge is 0.340 e. The van der Waals surface area contributed by atoms with Crippen LogP contribution in [0, 0.1) is 12.7 Å². The third kappa shape index (κ3) is 1.77. The number of ether oxygens (including phenoxy) is 1. The van der Waals surface area contributed by atoms with Crippen molar-refractivity contribution < 1.29 is 13.9 Å². The molecule has 0 saturated heterocycles. The van der Waals surface area contributed by atoms with E-state index in [1.807, 2.05) is 0 Å². The molecular formula is C9H10FNO2. The number of methoxy groups -OCH3 is 1. The number of carbonyl (C=O) groups is 1. The highest BCUT2D eigenvalue weighted by atomic mass is 19.1. The quantitative estimate of drug-likeness (QED) is 0.530. The first-order valence-electron chi connectivity index (χ1n) is 3.70. The molecule has 13 heavy (non-hydrogen) atoms. The minimum atomic E-state index is -0.625. The monoisotopic (exact) mass is 183 g/mol. The number of anilines is 1. The van der Waals surface area contributed by atoms with Gasteiger partial charge < -0.3 is 10.5 Å². The molecule has 3 nitrogen and oxygen atoms in total. The van der Waals surface area contributed by atoms with E-state index in [1.165, 1.54) is 19.2 Å². The van der Waals surface area contributed by atoms with Crippen molar-refractivity contribution in [3.05, 3.63) is 29.1 Å². The van der Waals surface area contributed by atoms with Gasteiger partial charge in [0.1, 0.15) is 5.82 Å². The van der Waals surface area contributed by atoms with Gasteiger partial charge in [-0.05, 0) is 24.6 Å². The Hall–Kier alpha value is -1.58. The second-order valence-electron chi connectivity index (χ2n) is 2.70. The van der Waals surface area contributed by atoms with E-state index in [1.54, 1.807) is 6.92 Å². The molecule has 0 atom stereocenters. The number of rotatable bonds is 1.